The molecule has 4 amide bonds. The van der Waals surface area contributed by atoms with Crippen LogP contribution in [0.1, 0.15) is 41.0 Å². The molecular formula is C16H19N3O4. The topological polar surface area (TPSA) is 95.6 Å². The molecule has 23 heavy (non-hydrogen) atoms. The lowest BCUT2D eigenvalue weighted by Crippen LogP contribution is -2.48. The third-order valence-corrected chi connectivity index (χ3v) is 3.50. The summed E-state index contributed by atoms with van der Waals surface area (Å²) in [6.07, 6.45) is 0.793. The number of hydrogen-bond acceptors (Lipinski definition) is 4. The Labute approximate surface area is 134 Å². The Bertz CT molecular complexity index is 621. The van der Waals surface area contributed by atoms with Crippen molar-refractivity contribution < 1.29 is 19.2 Å². The zero-order valence-corrected chi connectivity index (χ0v) is 13.1. The molecule has 1 aromatic carbocycles. The molecule has 1 aliphatic heterocycles. The molecule has 1 aromatic rings. The van der Waals surface area contributed by atoms with E-state index in [1.807, 2.05) is 6.92 Å². The molecule has 0 saturated heterocycles. The third kappa shape index (κ3) is 3.56. The Balaban J connectivity index is 1.95. The second-order valence-corrected chi connectivity index (χ2v) is 5.32. The van der Waals surface area contributed by atoms with Gasteiger partial charge in [0.2, 0.25) is 11.8 Å². The fourth-order valence-electron chi connectivity index (χ4n) is 2.28. The first-order chi connectivity index (χ1) is 11.0. The summed E-state index contributed by atoms with van der Waals surface area (Å²) in [5.41, 5.74) is 0.582. The molecular weight excluding hydrogens is 298 g/mol. The van der Waals surface area contributed by atoms with Crippen LogP contribution >= 0.6 is 0 Å². The Hall–Kier alpha value is -2.70. The van der Waals surface area contributed by atoms with Crippen molar-refractivity contribution in [1.82, 2.24) is 15.5 Å². The Morgan fingerprint density at radius 2 is 1.70 bits per heavy atom. The van der Waals surface area contributed by atoms with Gasteiger partial charge in [0.05, 0.1) is 11.1 Å². The molecule has 122 valence electrons. The van der Waals surface area contributed by atoms with Gasteiger partial charge in [-0.15, -0.1) is 0 Å². The van der Waals surface area contributed by atoms with E-state index < -0.39 is 30.3 Å². The van der Waals surface area contributed by atoms with Crippen LogP contribution < -0.4 is 10.6 Å². The zero-order valence-electron chi connectivity index (χ0n) is 13.1. The second-order valence-electron chi connectivity index (χ2n) is 5.32. The summed E-state index contributed by atoms with van der Waals surface area (Å²) < 4.78 is 0. The number of carbonyl (C=O) groups is 4. The number of fused-ring (bicyclic) bond motifs is 1. The lowest BCUT2D eigenvalue weighted by molar-refractivity contribution is -0.128. The fraction of sp³-hybridized carbons (Fsp3) is 0.375. The molecule has 0 aliphatic carbocycles. The number of benzene rings is 1. The maximum atomic E-state index is 12.1. The van der Waals surface area contributed by atoms with Crippen molar-refractivity contribution in [2.75, 3.05) is 13.1 Å². The van der Waals surface area contributed by atoms with Crippen molar-refractivity contribution in [2.45, 2.75) is 26.3 Å². The van der Waals surface area contributed by atoms with Crippen molar-refractivity contribution >= 4 is 23.6 Å². The molecule has 2 N–H and O–H groups in total. The first-order valence-electron chi connectivity index (χ1n) is 7.48. The van der Waals surface area contributed by atoms with Crippen molar-refractivity contribution in [3.8, 4) is 0 Å². The van der Waals surface area contributed by atoms with Gasteiger partial charge in [-0.1, -0.05) is 19.1 Å². The maximum absolute atomic E-state index is 12.1. The molecule has 0 saturated carbocycles. The van der Waals surface area contributed by atoms with Gasteiger partial charge >= 0.3 is 0 Å². The maximum Gasteiger partial charge on any atom is 0.262 e. The molecule has 0 radical (unpaired) electrons. The summed E-state index contributed by atoms with van der Waals surface area (Å²) in [5, 5.41) is 5.15. The van der Waals surface area contributed by atoms with E-state index in [9.17, 15) is 19.2 Å². The summed E-state index contributed by atoms with van der Waals surface area (Å²) >= 11 is 0. The monoisotopic (exact) mass is 317 g/mol. The number of nitrogens with zero attached hydrogens (tertiary/aromatic N) is 1. The fourth-order valence-corrected chi connectivity index (χ4v) is 2.28. The second kappa shape index (κ2) is 7.04. The number of rotatable bonds is 6. The van der Waals surface area contributed by atoms with E-state index in [1.165, 1.54) is 0 Å². The van der Waals surface area contributed by atoms with Crippen LogP contribution in [0.5, 0.6) is 0 Å². The number of imide groups is 1. The van der Waals surface area contributed by atoms with E-state index in [0.717, 1.165) is 11.3 Å². The van der Waals surface area contributed by atoms with E-state index in [1.54, 1.807) is 31.2 Å². The van der Waals surface area contributed by atoms with E-state index in [2.05, 4.69) is 10.6 Å². The molecule has 1 heterocycles. The molecule has 1 aliphatic rings. The van der Waals surface area contributed by atoms with E-state index in [0.29, 0.717) is 17.7 Å². The Morgan fingerprint density at radius 3 is 2.22 bits per heavy atom. The molecule has 0 spiro atoms. The van der Waals surface area contributed by atoms with Gasteiger partial charge in [-0.3, -0.25) is 24.1 Å². The zero-order chi connectivity index (χ0) is 17.0. The molecule has 7 heteroatoms. The van der Waals surface area contributed by atoms with Crippen molar-refractivity contribution in [1.29, 1.82) is 0 Å². The number of carbonyl (C=O) groups excluding carboxylic acids is 4. The van der Waals surface area contributed by atoms with Gasteiger partial charge in [0.15, 0.2) is 0 Å². The van der Waals surface area contributed by atoms with Gasteiger partial charge in [0.25, 0.3) is 11.8 Å². The number of hydrogen-bond donors (Lipinski definition) is 2. The van der Waals surface area contributed by atoms with Gasteiger partial charge in [0, 0.05) is 6.54 Å². The minimum Gasteiger partial charge on any atom is -0.354 e. The van der Waals surface area contributed by atoms with Crippen LogP contribution in [-0.2, 0) is 9.59 Å². The van der Waals surface area contributed by atoms with Crippen LogP contribution in [0.2, 0.25) is 0 Å². The van der Waals surface area contributed by atoms with Crippen LogP contribution in [0.3, 0.4) is 0 Å². The Morgan fingerprint density at radius 1 is 1.13 bits per heavy atom. The normalized spacial score (nSPS) is 14.4. The summed E-state index contributed by atoms with van der Waals surface area (Å²) in [6.45, 7) is 3.59. The highest BCUT2D eigenvalue weighted by Gasteiger charge is 2.36. The molecule has 2 rings (SSSR count). The minimum atomic E-state index is -0.732. The first-order valence-corrected chi connectivity index (χ1v) is 7.48. The van der Waals surface area contributed by atoms with Crippen LogP contribution in [0, 0.1) is 0 Å². The predicted octanol–water partition coefficient (Wildman–Crippen LogP) is 0.314. The van der Waals surface area contributed by atoms with E-state index in [4.69, 9.17) is 0 Å². The van der Waals surface area contributed by atoms with Crippen molar-refractivity contribution in [3.63, 3.8) is 0 Å². The molecule has 0 aromatic heterocycles. The molecule has 0 fully saturated rings. The van der Waals surface area contributed by atoms with E-state index in [-0.39, 0.29) is 5.91 Å². The van der Waals surface area contributed by atoms with Gasteiger partial charge in [-0.2, -0.15) is 0 Å². The highest BCUT2D eigenvalue weighted by Crippen LogP contribution is 2.21. The van der Waals surface area contributed by atoms with Crippen LogP contribution in [0.25, 0.3) is 0 Å². The predicted molar refractivity (Wildman–Crippen MR) is 82.7 cm³/mol. The van der Waals surface area contributed by atoms with Gasteiger partial charge < -0.3 is 10.6 Å². The van der Waals surface area contributed by atoms with Gasteiger partial charge in [-0.05, 0) is 25.5 Å². The van der Waals surface area contributed by atoms with Crippen molar-refractivity contribution in [3.05, 3.63) is 35.4 Å². The molecule has 0 unspecified atom stereocenters. The summed E-state index contributed by atoms with van der Waals surface area (Å²) in [5.74, 6) is -1.85. The average molecular weight is 317 g/mol. The van der Waals surface area contributed by atoms with E-state index >= 15 is 0 Å². The Kier molecular flexibility index (Phi) is 5.10. The highest BCUT2D eigenvalue weighted by atomic mass is 16.2. The minimum absolute atomic E-state index is 0.291. The smallest absolute Gasteiger partial charge is 0.262 e. The lowest BCUT2D eigenvalue weighted by Gasteiger charge is -2.17. The van der Waals surface area contributed by atoms with Gasteiger partial charge in [0.1, 0.15) is 12.6 Å². The first kappa shape index (κ1) is 16.7. The van der Waals surface area contributed by atoms with Crippen LogP contribution in [0.4, 0.5) is 0 Å². The number of amides is 4. The lowest BCUT2D eigenvalue weighted by atomic mass is 10.1. The molecule has 7 nitrogen and oxygen atoms in total. The molecule has 1 atom stereocenters. The highest BCUT2D eigenvalue weighted by molar-refractivity contribution is 6.22. The van der Waals surface area contributed by atoms with Gasteiger partial charge in [-0.25, -0.2) is 0 Å². The SMILES string of the molecule is CCCNC(=O)[C@@H](C)NC(=O)CN1C(=O)c2ccccc2C1=O. The molecule has 0 bridgehead atoms. The number of nitrogens with one attached hydrogen (secondary N) is 2. The summed E-state index contributed by atoms with van der Waals surface area (Å²) in [6, 6.07) is 5.69. The largest absolute Gasteiger partial charge is 0.354 e. The summed E-state index contributed by atoms with van der Waals surface area (Å²) in [4.78, 5) is 48.9. The van der Waals surface area contributed by atoms with Crippen molar-refractivity contribution in [2.24, 2.45) is 0 Å². The standard InChI is InChI=1S/C16H19N3O4/c1-3-8-17-14(21)10(2)18-13(20)9-19-15(22)11-6-4-5-7-12(11)16(19)23/h4-7,10H,3,8-9H2,1-2H3,(H,17,21)(H,18,20)/t10-/m1/s1. The third-order valence-electron chi connectivity index (χ3n) is 3.50. The quantitative estimate of drug-likeness (QED) is 0.738. The average Bonchev–Trinajstić information content (AvgIpc) is 2.78. The van der Waals surface area contributed by atoms with Crippen LogP contribution in [-0.4, -0.2) is 47.7 Å². The van der Waals surface area contributed by atoms with Crippen LogP contribution in [0.15, 0.2) is 24.3 Å². The summed E-state index contributed by atoms with van der Waals surface area (Å²) in [7, 11) is 0.